The summed E-state index contributed by atoms with van der Waals surface area (Å²) in [6.45, 7) is 2.74. The fourth-order valence-corrected chi connectivity index (χ4v) is 1.72. The third kappa shape index (κ3) is 2.16. The summed E-state index contributed by atoms with van der Waals surface area (Å²) in [7, 11) is 0. The maximum absolute atomic E-state index is 9.64. The molecule has 0 spiro atoms. The van der Waals surface area contributed by atoms with E-state index in [0.29, 0.717) is 6.42 Å². The summed E-state index contributed by atoms with van der Waals surface area (Å²) in [6, 6.07) is 1.96. The van der Waals surface area contributed by atoms with Crippen LogP contribution in [0.4, 0.5) is 0 Å². The van der Waals surface area contributed by atoms with Crippen LogP contribution in [-0.4, -0.2) is 27.8 Å². The van der Waals surface area contributed by atoms with E-state index in [4.69, 9.17) is 0 Å². The van der Waals surface area contributed by atoms with Gasteiger partial charge in [-0.25, -0.2) is 0 Å². The van der Waals surface area contributed by atoms with Crippen LogP contribution in [-0.2, 0) is 6.42 Å². The molecule has 2 aromatic heterocycles. The van der Waals surface area contributed by atoms with Crippen LogP contribution >= 0.6 is 0 Å². The van der Waals surface area contributed by atoms with Crippen LogP contribution in [0, 0.1) is 0 Å². The minimum atomic E-state index is -0.484. The van der Waals surface area contributed by atoms with E-state index in [1.54, 1.807) is 12.4 Å². The highest BCUT2D eigenvalue weighted by atomic mass is 16.3. The van der Waals surface area contributed by atoms with Gasteiger partial charge in [0.25, 0.3) is 0 Å². The number of nitrogens with one attached hydrogen (secondary N) is 2. The van der Waals surface area contributed by atoms with E-state index < -0.39 is 6.23 Å². The highest BCUT2D eigenvalue weighted by Crippen LogP contribution is 2.17. The number of hydrogen-bond acceptors (Lipinski definition) is 3. The van der Waals surface area contributed by atoms with E-state index >= 15 is 0 Å². The predicted octanol–water partition coefficient (Wildman–Crippen LogP) is 1.03. The molecule has 4 nitrogen and oxygen atoms in total. The van der Waals surface area contributed by atoms with Crippen molar-refractivity contribution in [2.24, 2.45) is 0 Å². The fraction of sp³-hybridized carbons (Fsp3) is 0.364. The van der Waals surface area contributed by atoms with E-state index in [1.807, 2.05) is 19.2 Å². The first-order valence-electron chi connectivity index (χ1n) is 5.12. The number of H-pyrrole nitrogens is 1. The van der Waals surface area contributed by atoms with E-state index in [2.05, 4.69) is 15.3 Å². The van der Waals surface area contributed by atoms with Gasteiger partial charge in [0.2, 0.25) is 0 Å². The second-order valence-corrected chi connectivity index (χ2v) is 3.51. The first kappa shape index (κ1) is 10.1. The Hall–Kier alpha value is -1.39. The Kier molecular flexibility index (Phi) is 2.99. The first-order chi connectivity index (χ1) is 7.31. The maximum atomic E-state index is 9.64. The fourth-order valence-electron chi connectivity index (χ4n) is 1.72. The van der Waals surface area contributed by atoms with Crippen molar-refractivity contribution < 1.29 is 5.11 Å². The van der Waals surface area contributed by atoms with Crippen molar-refractivity contribution >= 4 is 10.9 Å². The summed E-state index contributed by atoms with van der Waals surface area (Å²) in [5, 5.41) is 13.7. The Bertz CT molecular complexity index is 438. The SMILES string of the molecule is CCNC(O)Cc1c[nH]c2cnccc12. The number of hydrogen-bond donors (Lipinski definition) is 3. The van der Waals surface area contributed by atoms with Crippen LogP contribution in [0.2, 0.25) is 0 Å². The standard InChI is InChI=1S/C11H15N3O/c1-2-13-11(15)5-8-6-14-10-7-12-4-3-9(8)10/h3-4,6-7,11,13-15H,2,5H2,1H3. The molecule has 2 heterocycles. The molecule has 0 amide bonds. The van der Waals surface area contributed by atoms with Crippen LogP contribution in [0.25, 0.3) is 10.9 Å². The molecular weight excluding hydrogens is 190 g/mol. The number of rotatable bonds is 4. The highest BCUT2D eigenvalue weighted by molar-refractivity contribution is 5.82. The molecule has 0 radical (unpaired) electrons. The van der Waals surface area contributed by atoms with Gasteiger partial charge in [-0.3, -0.25) is 10.3 Å². The number of aromatic amines is 1. The minimum absolute atomic E-state index is 0.484. The third-order valence-corrected chi connectivity index (χ3v) is 2.42. The Morgan fingerprint density at radius 3 is 3.27 bits per heavy atom. The lowest BCUT2D eigenvalue weighted by molar-refractivity contribution is 0.140. The Labute approximate surface area is 88.3 Å². The van der Waals surface area contributed by atoms with Crippen molar-refractivity contribution in [1.82, 2.24) is 15.3 Å². The van der Waals surface area contributed by atoms with Gasteiger partial charge in [-0.1, -0.05) is 6.92 Å². The van der Waals surface area contributed by atoms with Gasteiger partial charge in [0.15, 0.2) is 0 Å². The van der Waals surface area contributed by atoms with Crippen molar-refractivity contribution in [2.75, 3.05) is 6.54 Å². The van der Waals surface area contributed by atoms with Gasteiger partial charge in [-0.05, 0) is 18.2 Å². The second-order valence-electron chi connectivity index (χ2n) is 3.51. The zero-order chi connectivity index (χ0) is 10.7. The molecule has 2 aromatic rings. The van der Waals surface area contributed by atoms with Gasteiger partial charge in [-0.2, -0.15) is 0 Å². The van der Waals surface area contributed by atoms with Crippen LogP contribution < -0.4 is 5.32 Å². The monoisotopic (exact) mass is 205 g/mol. The average molecular weight is 205 g/mol. The van der Waals surface area contributed by atoms with Crippen molar-refractivity contribution in [2.45, 2.75) is 19.6 Å². The zero-order valence-corrected chi connectivity index (χ0v) is 8.70. The van der Waals surface area contributed by atoms with Crippen LogP contribution in [0.3, 0.4) is 0 Å². The van der Waals surface area contributed by atoms with Crippen LogP contribution in [0.15, 0.2) is 24.7 Å². The number of aliphatic hydroxyl groups excluding tert-OH is 1. The average Bonchev–Trinajstić information content (AvgIpc) is 2.62. The van der Waals surface area contributed by atoms with Gasteiger partial charge in [0.05, 0.1) is 11.7 Å². The number of fused-ring (bicyclic) bond motifs is 1. The normalized spacial score (nSPS) is 13.2. The van der Waals surface area contributed by atoms with Gasteiger partial charge < -0.3 is 10.1 Å². The summed E-state index contributed by atoms with van der Waals surface area (Å²) in [4.78, 5) is 7.17. The lowest BCUT2D eigenvalue weighted by atomic mass is 10.1. The molecular formula is C11H15N3O. The maximum Gasteiger partial charge on any atom is 0.109 e. The molecule has 4 heteroatoms. The summed E-state index contributed by atoms with van der Waals surface area (Å²) in [6.07, 6.45) is 5.60. The van der Waals surface area contributed by atoms with Gasteiger partial charge >= 0.3 is 0 Å². The molecule has 0 aliphatic heterocycles. The summed E-state index contributed by atoms with van der Waals surface area (Å²) in [5.41, 5.74) is 2.12. The molecule has 0 fully saturated rings. The minimum Gasteiger partial charge on any atom is -0.378 e. The van der Waals surface area contributed by atoms with Gasteiger partial charge in [0.1, 0.15) is 6.23 Å². The first-order valence-corrected chi connectivity index (χ1v) is 5.12. The van der Waals surface area contributed by atoms with E-state index in [0.717, 1.165) is 23.0 Å². The largest absolute Gasteiger partial charge is 0.378 e. The van der Waals surface area contributed by atoms with E-state index in [9.17, 15) is 5.11 Å². The second kappa shape index (κ2) is 4.42. The molecule has 0 bridgehead atoms. The number of aliphatic hydroxyl groups is 1. The zero-order valence-electron chi connectivity index (χ0n) is 8.70. The van der Waals surface area contributed by atoms with Crippen molar-refractivity contribution in [3.63, 3.8) is 0 Å². The molecule has 0 aliphatic rings. The number of nitrogens with zero attached hydrogens (tertiary/aromatic N) is 1. The highest BCUT2D eigenvalue weighted by Gasteiger charge is 2.08. The molecule has 2 rings (SSSR count). The molecule has 0 saturated heterocycles. The molecule has 15 heavy (non-hydrogen) atoms. The summed E-state index contributed by atoms with van der Waals surface area (Å²) in [5.74, 6) is 0. The van der Waals surface area contributed by atoms with Crippen molar-refractivity contribution in [3.05, 3.63) is 30.2 Å². The predicted molar refractivity (Wildman–Crippen MR) is 59.5 cm³/mol. The molecule has 80 valence electrons. The van der Waals surface area contributed by atoms with Crippen LogP contribution in [0.1, 0.15) is 12.5 Å². The quantitative estimate of drug-likeness (QED) is 0.653. The number of pyridine rings is 1. The Balaban J connectivity index is 2.21. The van der Waals surface area contributed by atoms with E-state index in [1.165, 1.54) is 0 Å². The smallest absolute Gasteiger partial charge is 0.109 e. The molecule has 3 N–H and O–H groups in total. The summed E-state index contributed by atoms with van der Waals surface area (Å²) < 4.78 is 0. The number of aromatic nitrogens is 2. The van der Waals surface area contributed by atoms with Crippen molar-refractivity contribution in [3.8, 4) is 0 Å². The van der Waals surface area contributed by atoms with Crippen LogP contribution in [0.5, 0.6) is 0 Å². The lowest BCUT2D eigenvalue weighted by Crippen LogP contribution is -2.30. The molecule has 0 saturated carbocycles. The molecule has 1 unspecified atom stereocenters. The number of likely N-dealkylation sites (N-methyl/N-ethyl adjacent to an activating group) is 1. The van der Waals surface area contributed by atoms with Gasteiger partial charge in [0, 0.05) is 24.2 Å². The Morgan fingerprint density at radius 2 is 2.47 bits per heavy atom. The van der Waals surface area contributed by atoms with Crippen molar-refractivity contribution in [1.29, 1.82) is 0 Å². The van der Waals surface area contributed by atoms with Gasteiger partial charge in [-0.15, -0.1) is 0 Å². The lowest BCUT2D eigenvalue weighted by Gasteiger charge is -2.09. The summed E-state index contributed by atoms with van der Waals surface area (Å²) >= 11 is 0. The third-order valence-electron chi connectivity index (χ3n) is 2.42. The molecule has 0 aliphatic carbocycles. The Morgan fingerprint density at radius 1 is 1.60 bits per heavy atom. The topological polar surface area (TPSA) is 60.9 Å². The van der Waals surface area contributed by atoms with E-state index in [-0.39, 0.29) is 0 Å². The molecule has 1 atom stereocenters. The molecule has 0 aromatic carbocycles.